The molecule has 1 aromatic heterocycles. The van der Waals surface area contributed by atoms with E-state index < -0.39 is 0 Å². The third kappa shape index (κ3) is 2.04. The maximum absolute atomic E-state index is 5.56. The van der Waals surface area contributed by atoms with Crippen molar-refractivity contribution in [3.05, 3.63) is 23.8 Å². The second-order valence-corrected chi connectivity index (χ2v) is 6.95. The van der Waals surface area contributed by atoms with Crippen molar-refractivity contribution in [1.82, 2.24) is 10.1 Å². The van der Waals surface area contributed by atoms with Crippen LogP contribution in [-0.2, 0) is 0 Å². The van der Waals surface area contributed by atoms with E-state index >= 15 is 0 Å². The number of nitrogens with zero attached hydrogens (tertiary/aromatic N) is 2. The normalized spacial score (nSPS) is 31.7. The Balaban J connectivity index is 1.42. The number of nitrogens with one attached hydrogen (secondary N) is 1. The van der Waals surface area contributed by atoms with Crippen LogP contribution in [0.4, 0.5) is 5.82 Å². The summed E-state index contributed by atoms with van der Waals surface area (Å²) in [6.45, 7) is 3.69. The topological polar surface area (TPSA) is 41.3 Å². The average molecular weight is 283 g/mol. The van der Waals surface area contributed by atoms with E-state index in [2.05, 4.69) is 33.6 Å². The van der Waals surface area contributed by atoms with Crippen LogP contribution in [0.5, 0.6) is 0 Å². The predicted molar refractivity (Wildman–Crippen MR) is 82.6 cm³/mol. The summed E-state index contributed by atoms with van der Waals surface area (Å²) in [5.41, 5.74) is 2.34. The van der Waals surface area contributed by atoms with Crippen LogP contribution >= 0.6 is 0 Å². The average Bonchev–Trinajstić information content (AvgIpc) is 3.31. The van der Waals surface area contributed by atoms with E-state index in [-0.39, 0.29) is 0 Å². The molecule has 4 aliphatic rings. The SMILES string of the molecule is c1cc2c(NC3CN4CCC3CC4)noc2cc1C1CC1. The molecule has 1 aliphatic carbocycles. The van der Waals surface area contributed by atoms with E-state index in [9.17, 15) is 0 Å². The fraction of sp³-hybridized carbons (Fsp3) is 0.588. The number of fused-ring (bicyclic) bond motifs is 4. The zero-order valence-electron chi connectivity index (χ0n) is 12.2. The highest BCUT2D eigenvalue weighted by atomic mass is 16.5. The van der Waals surface area contributed by atoms with E-state index in [4.69, 9.17) is 4.52 Å². The second-order valence-electron chi connectivity index (χ2n) is 6.95. The van der Waals surface area contributed by atoms with Crippen molar-refractivity contribution in [2.75, 3.05) is 25.0 Å². The van der Waals surface area contributed by atoms with Gasteiger partial charge in [0.1, 0.15) is 0 Å². The van der Waals surface area contributed by atoms with Gasteiger partial charge in [-0.1, -0.05) is 11.2 Å². The van der Waals surface area contributed by atoms with Crippen molar-refractivity contribution in [1.29, 1.82) is 0 Å². The number of hydrogen-bond donors (Lipinski definition) is 1. The van der Waals surface area contributed by atoms with Gasteiger partial charge < -0.3 is 14.7 Å². The summed E-state index contributed by atoms with van der Waals surface area (Å²) in [4.78, 5) is 2.56. The lowest BCUT2D eigenvalue weighted by atomic mass is 9.84. The number of piperidine rings is 3. The first-order valence-electron chi connectivity index (χ1n) is 8.25. The van der Waals surface area contributed by atoms with E-state index in [0.29, 0.717) is 6.04 Å². The van der Waals surface area contributed by atoms with Gasteiger partial charge in [0.05, 0.1) is 5.39 Å². The molecule has 1 unspecified atom stereocenters. The van der Waals surface area contributed by atoms with Gasteiger partial charge in [0.15, 0.2) is 11.4 Å². The van der Waals surface area contributed by atoms with Gasteiger partial charge in [-0.15, -0.1) is 0 Å². The van der Waals surface area contributed by atoms with Crippen LogP contribution in [0, 0.1) is 5.92 Å². The van der Waals surface area contributed by atoms with Gasteiger partial charge in [0.25, 0.3) is 0 Å². The molecule has 2 bridgehead atoms. The molecule has 1 aromatic carbocycles. The Bertz CT molecular complexity index is 668. The molecule has 0 radical (unpaired) electrons. The molecular formula is C17H21N3O. The minimum absolute atomic E-state index is 0.531. The zero-order valence-corrected chi connectivity index (χ0v) is 12.2. The van der Waals surface area contributed by atoms with Gasteiger partial charge in [-0.25, -0.2) is 0 Å². The number of aromatic nitrogens is 1. The summed E-state index contributed by atoms with van der Waals surface area (Å²) in [6, 6.07) is 7.15. The molecule has 2 aromatic rings. The van der Waals surface area contributed by atoms with Crippen LogP contribution in [0.25, 0.3) is 11.0 Å². The first-order valence-corrected chi connectivity index (χ1v) is 8.25. The van der Waals surface area contributed by atoms with Crippen LogP contribution in [0.3, 0.4) is 0 Å². The summed E-state index contributed by atoms with van der Waals surface area (Å²) in [7, 11) is 0. The molecule has 1 atom stereocenters. The maximum atomic E-state index is 5.56. The number of benzene rings is 1. The van der Waals surface area contributed by atoms with E-state index in [1.165, 1.54) is 44.3 Å². The fourth-order valence-electron chi connectivity index (χ4n) is 4.03. The molecule has 3 aliphatic heterocycles. The molecule has 4 fully saturated rings. The monoisotopic (exact) mass is 283 g/mol. The highest BCUT2D eigenvalue weighted by molar-refractivity contribution is 5.88. The lowest BCUT2D eigenvalue weighted by Crippen LogP contribution is -2.53. The van der Waals surface area contributed by atoms with Gasteiger partial charge in [-0.05, 0) is 68.3 Å². The molecule has 1 N–H and O–H groups in total. The zero-order chi connectivity index (χ0) is 13.8. The highest BCUT2D eigenvalue weighted by Gasteiger charge is 2.34. The van der Waals surface area contributed by atoms with Crippen molar-refractivity contribution in [3.63, 3.8) is 0 Å². The first kappa shape index (κ1) is 12.0. The third-order valence-corrected chi connectivity index (χ3v) is 5.52. The Kier molecular flexibility index (Phi) is 2.56. The fourth-order valence-corrected chi connectivity index (χ4v) is 4.03. The molecule has 3 saturated heterocycles. The van der Waals surface area contributed by atoms with Gasteiger partial charge in [-0.3, -0.25) is 0 Å². The molecule has 21 heavy (non-hydrogen) atoms. The van der Waals surface area contributed by atoms with Crippen LogP contribution < -0.4 is 5.32 Å². The van der Waals surface area contributed by atoms with E-state index in [0.717, 1.165) is 35.2 Å². The molecule has 1 saturated carbocycles. The molecular weight excluding hydrogens is 262 g/mol. The molecule has 4 nitrogen and oxygen atoms in total. The third-order valence-electron chi connectivity index (χ3n) is 5.52. The molecule has 4 heterocycles. The van der Waals surface area contributed by atoms with Crippen molar-refractivity contribution in [2.45, 2.75) is 37.6 Å². The van der Waals surface area contributed by atoms with Crippen LogP contribution in [0.15, 0.2) is 22.7 Å². The Labute approximate surface area is 124 Å². The largest absolute Gasteiger partial charge is 0.362 e. The quantitative estimate of drug-likeness (QED) is 0.939. The molecule has 4 heteroatoms. The standard InChI is InChI=1S/C17H21N3O/c1-2-11(1)13-3-4-14-16(9-13)21-19-17(14)18-15-10-20-7-5-12(15)6-8-20/h3-4,9,11-12,15H,1-2,5-8,10H2,(H,18,19). The summed E-state index contributed by atoms with van der Waals surface area (Å²) >= 11 is 0. The summed E-state index contributed by atoms with van der Waals surface area (Å²) in [5, 5.41) is 9.08. The molecule has 0 spiro atoms. The van der Waals surface area contributed by atoms with E-state index in [1.807, 2.05) is 0 Å². The minimum Gasteiger partial charge on any atom is -0.362 e. The van der Waals surface area contributed by atoms with Crippen molar-refractivity contribution in [2.24, 2.45) is 5.92 Å². The Morgan fingerprint density at radius 1 is 1.14 bits per heavy atom. The lowest BCUT2D eigenvalue weighted by molar-refractivity contribution is 0.0973. The summed E-state index contributed by atoms with van der Waals surface area (Å²) in [6.07, 6.45) is 5.28. The predicted octanol–water partition coefficient (Wildman–Crippen LogP) is 3.21. The van der Waals surface area contributed by atoms with Gasteiger partial charge in [-0.2, -0.15) is 0 Å². The van der Waals surface area contributed by atoms with Crippen molar-refractivity contribution < 1.29 is 4.52 Å². The molecule has 6 rings (SSSR count). The summed E-state index contributed by atoms with van der Waals surface area (Å²) in [5.74, 6) is 2.50. The van der Waals surface area contributed by atoms with Gasteiger partial charge in [0.2, 0.25) is 0 Å². The highest BCUT2D eigenvalue weighted by Crippen LogP contribution is 2.41. The van der Waals surface area contributed by atoms with Crippen molar-refractivity contribution in [3.8, 4) is 0 Å². The minimum atomic E-state index is 0.531. The Morgan fingerprint density at radius 2 is 2.00 bits per heavy atom. The smallest absolute Gasteiger partial charge is 0.177 e. The lowest BCUT2D eigenvalue weighted by Gasteiger charge is -2.44. The summed E-state index contributed by atoms with van der Waals surface area (Å²) < 4.78 is 5.56. The van der Waals surface area contributed by atoms with Crippen LogP contribution in [0.1, 0.15) is 37.2 Å². The number of anilines is 1. The van der Waals surface area contributed by atoms with Gasteiger partial charge in [0, 0.05) is 12.6 Å². The maximum Gasteiger partial charge on any atom is 0.177 e. The van der Waals surface area contributed by atoms with E-state index in [1.54, 1.807) is 0 Å². The number of hydrogen-bond acceptors (Lipinski definition) is 4. The number of rotatable bonds is 3. The Morgan fingerprint density at radius 3 is 2.71 bits per heavy atom. The Hall–Kier alpha value is -1.55. The first-order chi connectivity index (χ1) is 10.4. The second kappa shape index (κ2) is 4.47. The van der Waals surface area contributed by atoms with Crippen LogP contribution in [0.2, 0.25) is 0 Å². The van der Waals surface area contributed by atoms with Crippen molar-refractivity contribution >= 4 is 16.8 Å². The molecule has 110 valence electrons. The van der Waals surface area contributed by atoms with Gasteiger partial charge >= 0.3 is 0 Å². The van der Waals surface area contributed by atoms with Crippen LogP contribution in [-0.4, -0.2) is 35.7 Å². The molecule has 0 amide bonds.